The van der Waals surface area contributed by atoms with E-state index in [0.717, 1.165) is 25.3 Å². The smallest absolute Gasteiger partial charge is 0.322 e. The van der Waals surface area contributed by atoms with Crippen molar-refractivity contribution in [3.63, 3.8) is 0 Å². The van der Waals surface area contributed by atoms with Crippen LogP contribution in [0.2, 0.25) is 0 Å². The molecule has 2 N–H and O–H groups in total. The monoisotopic (exact) mass is 412 g/mol. The predicted octanol–water partition coefficient (Wildman–Crippen LogP) is 2.42. The Balaban J connectivity index is 1.60. The molecule has 2 aliphatic rings. The first-order valence-electron chi connectivity index (χ1n) is 9.42. The van der Waals surface area contributed by atoms with Crippen molar-refractivity contribution in [2.24, 2.45) is 0 Å². The highest BCUT2D eigenvalue weighted by atomic mass is 19.4. The lowest BCUT2D eigenvalue weighted by Crippen LogP contribution is -2.52. The highest BCUT2D eigenvalue weighted by Gasteiger charge is 2.52. The van der Waals surface area contributed by atoms with Crippen LogP contribution in [0.15, 0.2) is 24.3 Å². The van der Waals surface area contributed by atoms with E-state index in [1.165, 1.54) is 30.1 Å². The molecule has 1 saturated carbocycles. The van der Waals surface area contributed by atoms with Gasteiger partial charge in [0.1, 0.15) is 5.54 Å². The fourth-order valence-electron chi connectivity index (χ4n) is 3.90. The molecule has 3 rings (SSSR count). The Morgan fingerprint density at radius 2 is 1.86 bits per heavy atom. The van der Waals surface area contributed by atoms with Gasteiger partial charge in [-0.15, -0.1) is 0 Å². The van der Waals surface area contributed by atoms with Gasteiger partial charge in [-0.3, -0.25) is 19.9 Å². The minimum absolute atomic E-state index is 0.0338. The molecule has 1 spiro atoms. The van der Waals surface area contributed by atoms with Crippen LogP contribution in [0.1, 0.15) is 43.2 Å². The summed E-state index contributed by atoms with van der Waals surface area (Å²) in [7, 11) is 1.49. The molecule has 0 radical (unpaired) electrons. The summed E-state index contributed by atoms with van der Waals surface area (Å²) >= 11 is 0. The Labute approximate surface area is 166 Å². The van der Waals surface area contributed by atoms with Gasteiger partial charge < -0.3 is 5.32 Å². The minimum Gasteiger partial charge on any atom is -0.322 e. The molecule has 0 atom stereocenters. The number of amides is 4. The quantitative estimate of drug-likeness (QED) is 0.728. The molecule has 1 saturated heterocycles. The maximum Gasteiger partial charge on any atom is 0.416 e. The van der Waals surface area contributed by atoms with Crippen molar-refractivity contribution in [3.05, 3.63) is 35.4 Å². The average molecular weight is 412 g/mol. The van der Waals surface area contributed by atoms with Crippen molar-refractivity contribution in [1.29, 1.82) is 0 Å². The summed E-state index contributed by atoms with van der Waals surface area (Å²) in [4.78, 5) is 38.5. The maximum atomic E-state index is 13.1. The molecule has 4 amide bonds. The average Bonchev–Trinajstić information content (AvgIpc) is 2.86. The molecule has 7 nitrogen and oxygen atoms in total. The number of rotatable bonds is 5. The number of hydrazine groups is 1. The van der Waals surface area contributed by atoms with Crippen LogP contribution < -0.4 is 10.7 Å². The van der Waals surface area contributed by atoms with E-state index in [4.69, 9.17) is 0 Å². The Morgan fingerprint density at radius 1 is 1.21 bits per heavy atom. The van der Waals surface area contributed by atoms with E-state index in [1.54, 1.807) is 0 Å². The molecule has 29 heavy (non-hydrogen) atoms. The standard InChI is InChI=1S/C19H23F3N4O3/c1-25(11-13-7-3-4-8-14(13)19(20,21)22)12-15(27)24-26-16(28)18(23-17(26)29)9-5-2-6-10-18/h3-4,7-8H,2,5-6,9-12H2,1H3,(H,23,29)(H,24,27). The zero-order valence-electron chi connectivity index (χ0n) is 16.0. The van der Waals surface area contributed by atoms with Crippen molar-refractivity contribution < 1.29 is 27.6 Å². The zero-order chi connectivity index (χ0) is 21.2. The fourth-order valence-corrected chi connectivity index (χ4v) is 3.90. The van der Waals surface area contributed by atoms with Crippen LogP contribution in [0.4, 0.5) is 18.0 Å². The van der Waals surface area contributed by atoms with Crippen LogP contribution in [0.3, 0.4) is 0 Å². The lowest BCUT2D eigenvalue weighted by Gasteiger charge is -2.30. The summed E-state index contributed by atoms with van der Waals surface area (Å²) in [5.41, 5.74) is 0.593. The summed E-state index contributed by atoms with van der Waals surface area (Å²) in [5.74, 6) is -1.14. The fraction of sp³-hybridized carbons (Fsp3) is 0.526. The van der Waals surface area contributed by atoms with E-state index >= 15 is 0 Å². The molecule has 1 aliphatic heterocycles. The third-order valence-electron chi connectivity index (χ3n) is 5.28. The van der Waals surface area contributed by atoms with Crippen molar-refractivity contribution in [3.8, 4) is 0 Å². The second-order valence-corrected chi connectivity index (χ2v) is 7.58. The first kappa shape index (κ1) is 21.1. The van der Waals surface area contributed by atoms with Crippen LogP contribution in [-0.2, 0) is 22.3 Å². The predicted molar refractivity (Wildman–Crippen MR) is 97.1 cm³/mol. The number of nitrogens with zero attached hydrogens (tertiary/aromatic N) is 2. The summed E-state index contributed by atoms with van der Waals surface area (Å²) in [6.45, 7) is -0.399. The van der Waals surface area contributed by atoms with Gasteiger partial charge in [-0.2, -0.15) is 18.2 Å². The Kier molecular flexibility index (Phi) is 5.83. The van der Waals surface area contributed by atoms with Gasteiger partial charge in [-0.1, -0.05) is 37.5 Å². The number of imide groups is 1. The Bertz CT molecular complexity index is 806. The molecule has 1 aromatic rings. The molecule has 10 heteroatoms. The summed E-state index contributed by atoms with van der Waals surface area (Å²) in [5, 5.41) is 3.36. The van der Waals surface area contributed by atoms with Crippen molar-refractivity contribution in [1.82, 2.24) is 20.7 Å². The van der Waals surface area contributed by atoms with E-state index in [0.29, 0.717) is 17.9 Å². The summed E-state index contributed by atoms with van der Waals surface area (Å²) < 4.78 is 39.3. The SMILES string of the molecule is CN(CC(=O)NN1C(=O)NC2(CCCCC2)C1=O)Cc1ccccc1C(F)(F)F. The van der Waals surface area contributed by atoms with E-state index in [-0.39, 0.29) is 18.7 Å². The van der Waals surface area contributed by atoms with Gasteiger partial charge >= 0.3 is 12.2 Å². The summed E-state index contributed by atoms with van der Waals surface area (Å²) in [6, 6.07) is 4.45. The van der Waals surface area contributed by atoms with E-state index < -0.39 is 35.1 Å². The number of carbonyl (C=O) groups excluding carboxylic acids is 3. The van der Waals surface area contributed by atoms with Gasteiger partial charge in [0.05, 0.1) is 12.1 Å². The van der Waals surface area contributed by atoms with E-state index in [2.05, 4.69) is 10.7 Å². The van der Waals surface area contributed by atoms with Crippen LogP contribution >= 0.6 is 0 Å². The van der Waals surface area contributed by atoms with Gasteiger partial charge in [0, 0.05) is 6.54 Å². The summed E-state index contributed by atoms with van der Waals surface area (Å²) in [6.07, 6.45) is -0.823. The maximum absolute atomic E-state index is 13.1. The Hall–Kier alpha value is -2.62. The van der Waals surface area contributed by atoms with Crippen LogP contribution in [0, 0.1) is 0 Å². The molecule has 0 aromatic heterocycles. The van der Waals surface area contributed by atoms with Crippen LogP contribution in [0.25, 0.3) is 0 Å². The zero-order valence-corrected chi connectivity index (χ0v) is 16.0. The molecular formula is C19H23F3N4O3. The number of nitrogens with one attached hydrogen (secondary N) is 2. The third-order valence-corrected chi connectivity index (χ3v) is 5.28. The van der Waals surface area contributed by atoms with Gasteiger partial charge in [-0.05, 0) is 31.5 Å². The van der Waals surface area contributed by atoms with E-state index in [9.17, 15) is 27.6 Å². The lowest BCUT2D eigenvalue weighted by molar-refractivity contribution is -0.140. The van der Waals surface area contributed by atoms with Crippen molar-refractivity contribution >= 4 is 17.8 Å². The number of halogens is 3. The number of urea groups is 1. The van der Waals surface area contributed by atoms with Gasteiger partial charge in [0.2, 0.25) is 0 Å². The molecule has 0 bridgehead atoms. The second kappa shape index (κ2) is 8.02. The normalized spacial score (nSPS) is 19.0. The molecule has 0 unspecified atom stereocenters. The van der Waals surface area contributed by atoms with E-state index in [1.807, 2.05) is 0 Å². The Morgan fingerprint density at radius 3 is 2.52 bits per heavy atom. The number of alkyl halides is 3. The molecule has 158 valence electrons. The van der Waals surface area contributed by atoms with Gasteiger partial charge in [-0.25, -0.2) is 4.79 Å². The second-order valence-electron chi connectivity index (χ2n) is 7.58. The van der Waals surface area contributed by atoms with Gasteiger partial charge in [0.25, 0.3) is 11.8 Å². The number of hydrogen-bond acceptors (Lipinski definition) is 4. The van der Waals surface area contributed by atoms with Crippen LogP contribution in [-0.4, -0.2) is 46.9 Å². The van der Waals surface area contributed by atoms with Crippen LogP contribution in [0.5, 0.6) is 0 Å². The molecule has 2 fully saturated rings. The molecule has 1 aliphatic carbocycles. The lowest BCUT2D eigenvalue weighted by atomic mass is 9.82. The number of hydrogen-bond donors (Lipinski definition) is 2. The first-order valence-corrected chi connectivity index (χ1v) is 9.42. The number of likely N-dealkylation sites (N-methyl/N-ethyl adjacent to an activating group) is 1. The highest BCUT2D eigenvalue weighted by molar-refractivity contribution is 6.08. The largest absolute Gasteiger partial charge is 0.416 e. The number of carbonyl (C=O) groups is 3. The minimum atomic E-state index is -4.49. The highest BCUT2D eigenvalue weighted by Crippen LogP contribution is 2.33. The van der Waals surface area contributed by atoms with Crippen molar-refractivity contribution in [2.45, 2.75) is 50.4 Å². The number of benzene rings is 1. The van der Waals surface area contributed by atoms with Gasteiger partial charge in [0.15, 0.2) is 0 Å². The first-order chi connectivity index (χ1) is 13.6. The van der Waals surface area contributed by atoms with Crippen molar-refractivity contribution in [2.75, 3.05) is 13.6 Å². The molecule has 1 heterocycles. The molecular weight excluding hydrogens is 389 g/mol. The molecule has 1 aromatic carbocycles. The third kappa shape index (κ3) is 4.52. The topological polar surface area (TPSA) is 81.8 Å².